The lowest BCUT2D eigenvalue weighted by Crippen LogP contribution is -2.65. The molecule has 0 radical (unpaired) electrons. The fraction of sp³-hybridized carbons (Fsp3) is 0.480. The second kappa shape index (κ2) is 9.29. The molecule has 3 aliphatic rings. The number of benzene rings is 1. The van der Waals surface area contributed by atoms with Crippen LogP contribution in [0.2, 0.25) is 0 Å². The molecule has 4 heterocycles. The molecule has 2 aromatic rings. The molecule has 0 bridgehead atoms. The number of aromatic nitrogens is 1. The number of pyridine rings is 1. The number of amides is 1. The first-order chi connectivity index (χ1) is 17.9. The zero-order valence-electron chi connectivity index (χ0n) is 21.1. The third-order valence-electron chi connectivity index (χ3n) is 7.41. The molecule has 1 aromatic heterocycles. The summed E-state index contributed by atoms with van der Waals surface area (Å²) in [5, 5.41) is 18.6. The minimum absolute atomic E-state index is 0.0241. The van der Waals surface area contributed by atoms with Gasteiger partial charge in [-0.1, -0.05) is 0 Å². The van der Waals surface area contributed by atoms with Crippen molar-refractivity contribution in [3.05, 3.63) is 39.9 Å². The molecule has 0 unspecified atom stereocenters. The number of rotatable bonds is 6. The molecule has 0 aliphatic carbocycles. The summed E-state index contributed by atoms with van der Waals surface area (Å²) < 4.78 is 16.1. The number of carboxylic acid groups (broad SMARTS) is 2. The first-order valence-corrected chi connectivity index (χ1v) is 13.2. The monoisotopic (exact) mass is 545 g/mol. The van der Waals surface area contributed by atoms with Gasteiger partial charge in [0, 0.05) is 49.1 Å². The van der Waals surface area contributed by atoms with Crippen molar-refractivity contribution in [2.75, 3.05) is 31.1 Å². The van der Waals surface area contributed by atoms with Crippen molar-refractivity contribution >= 4 is 52.5 Å². The van der Waals surface area contributed by atoms with E-state index in [1.54, 1.807) is 17.0 Å². The summed E-state index contributed by atoms with van der Waals surface area (Å²) in [5.74, 6) is -3.26. The Labute approximate surface area is 221 Å². The molecule has 2 N–H and O–H groups in total. The standard InChI is InChI=1S/C25H28FN5O6S/c1-4-29-11-14(23(34)35)19(32)13-9-15(26)17(10-16(13)29)30-7-5-28(6-8-30)12-27-18-21(33)31-20(24(36)37)25(2,3)38-22(18)31/h9-12,18,20,22H,4-8H2,1-3H3,(H,34,35)(H,36,37)/t18-,20+,22-/m1/s1. The van der Waals surface area contributed by atoms with Crippen LogP contribution in [0.1, 0.15) is 31.1 Å². The SMILES string of the molecule is CCn1cc(C(=O)O)c(=O)c2cc(F)c(N3CCN(C=N[C@@H]4C(=O)N5[C@@H]4SC(C)(C)[C@@H]5C(=O)O)CC3)cc21. The Balaban J connectivity index is 1.29. The summed E-state index contributed by atoms with van der Waals surface area (Å²) in [5.41, 5.74) is -0.322. The van der Waals surface area contributed by atoms with Crippen LogP contribution < -0.4 is 10.3 Å². The summed E-state index contributed by atoms with van der Waals surface area (Å²) >= 11 is 1.44. The van der Waals surface area contributed by atoms with E-state index in [0.29, 0.717) is 43.9 Å². The third-order valence-corrected chi connectivity index (χ3v) is 8.97. The van der Waals surface area contributed by atoms with Gasteiger partial charge in [0.1, 0.15) is 22.8 Å². The van der Waals surface area contributed by atoms with Gasteiger partial charge >= 0.3 is 11.9 Å². The van der Waals surface area contributed by atoms with Gasteiger partial charge in [-0.15, -0.1) is 11.8 Å². The molecule has 0 spiro atoms. The zero-order valence-corrected chi connectivity index (χ0v) is 21.9. The van der Waals surface area contributed by atoms with E-state index in [1.165, 1.54) is 22.9 Å². The van der Waals surface area contributed by atoms with E-state index in [1.807, 2.05) is 30.6 Å². The van der Waals surface area contributed by atoms with Crippen molar-refractivity contribution < 1.29 is 29.0 Å². The van der Waals surface area contributed by atoms with Gasteiger partial charge in [0.05, 0.1) is 17.5 Å². The predicted octanol–water partition coefficient (Wildman–Crippen LogP) is 1.52. The number of aliphatic carboxylic acids is 1. The summed E-state index contributed by atoms with van der Waals surface area (Å²) in [6, 6.07) is 1.20. The van der Waals surface area contributed by atoms with Crippen LogP contribution in [0.5, 0.6) is 0 Å². The number of β-lactam (4-membered cyclic amide) rings is 1. The Morgan fingerprint density at radius 3 is 2.47 bits per heavy atom. The van der Waals surface area contributed by atoms with Crippen LogP contribution in [-0.4, -0.2) is 97.1 Å². The van der Waals surface area contributed by atoms with Crippen molar-refractivity contribution in [2.24, 2.45) is 4.99 Å². The highest BCUT2D eigenvalue weighted by Gasteiger charge is 2.63. The largest absolute Gasteiger partial charge is 0.480 e. The molecular formula is C25H28FN5O6S. The molecule has 13 heteroatoms. The topological polar surface area (TPSA) is 136 Å². The highest BCUT2D eigenvalue weighted by atomic mass is 32.2. The molecule has 202 valence electrons. The van der Waals surface area contributed by atoms with Gasteiger partial charge in [0.25, 0.3) is 5.91 Å². The smallest absolute Gasteiger partial charge is 0.341 e. The van der Waals surface area contributed by atoms with Crippen LogP contribution in [0.4, 0.5) is 10.1 Å². The highest BCUT2D eigenvalue weighted by molar-refractivity contribution is 8.01. The average molecular weight is 546 g/mol. The predicted molar refractivity (Wildman–Crippen MR) is 141 cm³/mol. The number of thioether (sulfide) groups is 1. The van der Waals surface area contributed by atoms with Crippen LogP contribution in [0.3, 0.4) is 0 Å². The Bertz CT molecular complexity index is 1430. The summed E-state index contributed by atoms with van der Waals surface area (Å²) in [4.78, 5) is 58.0. The van der Waals surface area contributed by atoms with E-state index < -0.39 is 45.6 Å². The maximum atomic E-state index is 15.1. The van der Waals surface area contributed by atoms with E-state index in [-0.39, 0.29) is 16.7 Å². The molecule has 3 saturated heterocycles. The molecule has 0 saturated carbocycles. The summed E-state index contributed by atoms with van der Waals surface area (Å²) in [6.07, 6.45) is 2.91. The average Bonchev–Trinajstić information content (AvgIpc) is 3.12. The number of halogens is 1. The summed E-state index contributed by atoms with van der Waals surface area (Å²) in [6.45, 7) is 7.83. The zero-order chi connectivity index (χ0) is 27.5. The third kappa shape index (κ3) is 4.08. The van der Waals surface area contributed by atoms with Gasteiger partial charge in [0.15, 0.2) is 6.04 Å². The Morgan fingerprint density at radius 2 is 1.87 bits per heavy atom. The fourth-order valence-corrected chi connectivity index (χ4v) is 7.05. The van der Waals surface area contributed by atoms with Crippen LogP contribution in [0.25, 0.3) is 10.9 Å². The lowest BCUT2D eigenvalue weighted by atomic mass is 9.96. The van der Waals surface area contributed by atoms with E-state index in [2.05, 4.69) is 4.99 Å². The first-order valence-electron chi connectivity index (χ1n) is 12.3. The van der Waals surface area contributed by atoms with Gasteiger partial charge in [-0.3, -0.25) is 14.6 Å². The molecular weight excluding hydrogens is 517 g/mol. The van der Waals surface area contributed by atoms with Crippen molar-refractivity contribution in [2.45, 2.75) is 49.5 Å². The van der Waals surface area contributed by atoms with E-state index in [0.717, 1.165) is 6.07 Å². The molecule has 1 amide bonds. The number of piperazine rings is 1. The van der Waals surface area contributed by atoms with Gasteiger partial charge in [-0.25, -0.2) is 14.0 Å². The van der Waals surface area contributed by atoms with Crippen molar-refractivity contribution in [1.82, 2.24) is 14.4 Å². The molecule has 5 rings (SSSR count). The number of aromatic carboxylic acids is 1. The van der Waals surface area contributed by atoms with E-state index in [9.17, 15) is 29.4 Å². The summed E-state index contributed by atoms with van der Waals surface area (Å²) in [7, 11) is 0. The lowest BCUT2D eigenvalue weighted by molar-refractivity contribution is -0.158. The van der Waals surface area contributed by atoms with Crippen LogP contribution in [0.15, 0.2) is 28.1 Å². The van der Waals surface area contributed by atoms with Gasteiger partial charge < -0.3 is 29.5 Å². The molecule has 3 aliphatic heterocycles. The number of nitrogens with zero attached hydrogens (tertiary/aromatic N) is 5. The number of fused-ring (bicyclic) bond motifs is 2. The molecule has 3 fully saturated rings. The van der Waals surface area contributed by atoms with Crippen molar-refractivity contribution in [3.63, 3.8) is 0 Å². The molecule has 38 heavy (non-hydrogen) atoms. The maximum Gasteiger partial charge on any atom is 0.341 e. The molecule has 1 aromatic carbocycles. The van der Waals surface area contributed by atoms with E-state index >= 15 is 4.39 Å². The Morgan fingerprint density at radius 1 is 1.18 bits per heavy atom. The quantitative estimate of drug-likeness (QED) is 0.315. The Hall–Kier alpha value is -3.61. The number of carbonyl (C=O) groups excluding carboxylic acids is 1. The Kier molecular flexibility index (Phi) is 6.36. The van der Waals surface area contributed by atoms with Crippen LogP contribution in [0, 0.1) is 5.82 Å². The second-order valence-corrected chi connectivity index (χ2v) is 11.9. The number of hydrogen-bond donors (Lipinski definition) is 2. The normalized spacial score (nSPS) is 24.7. The fourth-order valence-electron chi connectivity index (χ4n) is 5.43. The maximum absolute atomic E-state index is 15.1. The number of anilines is 1. The molecule has 11 nitrogen and oxygen atoms in total. The number of hydrogen-bond acceptors (Lipinski definition) is 7. The minimum atomic E-state index is -1.35. The van der Waals surface area contributed by atoms with Gasteiger partial charge in [-0.05, 0) is 32.9 Å². The van der Waals surface area contributed by atoms with Crippen LogP contribution >= 0.6 is 11.8 Å². The number of aryl methyl sites for hydroxylation is 1. The molecule has 3 atom stereocenters. The van der Waals surface area contributed by atoms with Crippen molar-refractivity contribution in [1.29, 1.82) is 0 Å². The number of carbonyl (C=O) groups is 3. The second-order valence-electron chi connectivity index (χ2n) is 10.1. The van der Waals surface area contributed by atoms with Crippen LogP contribution in [-0.2, 0) is 16.1 Å². The minimum Gasteiger partial charge on any atom is -0.480 e. The lowest BCUT2D eigenvalue weighted by Gasteiger charge is -2.42. The number of carboxylic acids is 2. The van der Waals surface area contributed by atoms with Gasteiger partial charge in [-0.2, -0.15) is 0 Å². The van der Waals surface area contributed by atoms with E-state index in [4.69, 9.17) is 0 Å². The van der Waals surface area contributed by atoms with Crippen molar-refractivity contribution in [3.8, 4) is 0 Å². The first kappa shape index (κ1) is 26.0. The highest BCUT2D eigenvalue weighted by Crippen LogP contribution is 2.51. The van der Waals surface area contributed by atoms with Gasteiger partial charge in [0.2, 0.25) is 5.43 Å². The number of aliphatic imine (C=N–C) groups is 1.